The molecule has 0 aromatic rings. The fourth-order valence-corrected chi connectivity index (χ4v) is 0.417. The Hall–Kier alpha value is -0.240. The standard InChI is InChI=1S/C3H4ClNO/c4-2-1-5-3(2)6/h2H,1H2,(H,5,6). The maximum absolute atomic E-state index is 9.99. The Bertz CT molecular complexity index is 82.9. The van der Waals surface area contributed by atoms with Crippen LogP contribution in [0.5, 0.6) is 0 Å². The first-order valence-electron chi connectivity index (χ1n) is 1.72. The van der Waals surface area contributed by atoms with Crippen LogP contribution in [0.15, 0.2) is 0 Å². The first kappa shape index (κ1) is 3.93. The minimum absolute atomic E-state index is 0.0448. The van der Waals surface area contributed by atoms with Gasteiger partial charge in [0.2, 0.25) is 5.91 Å². The molecule has 1 N–H and O–H groups in total. The second-order valence-electron chi connectivity index (χ2n) is 1.21. The van der Waals surface area contributed by atoms with E-state index in [1.807, 2.05) is 0 Å². The van der Waals surface area contributed by atoms with Crippen LogP contribution in [0.25, 0.3) is 0 Å². The van der Waals surface area contributed by atoms with Gasteiger partial charge in [-0.3, -0.25) is 4.79 Å². The zero-order valence-corrected chi connectivity index (χ0v) is 3.83. The molecule has 0 radical (unpaired) electrons. The minimum Gasteiger partial charge on any atom is -0.353 e. The molecule has 0 aromatic heterocycles. The molecule has 1 fully saturated rings. The monoisotopic (exact) mass is 105 g/mol. The molecule has 1 amide bonds. The van der Waals surface area contributed by atoms with Crippen molar-refractivity contribution < 1.29 is 4.79 Å². The van der Waals surface area contributed by atoms with Crippen molar-refractivity contribution in [1.82, 2.24) is 5.32 Å². The van der Waals surface area contributed by atoms with Crippen molar-refractivity contribution in [2.24, 2.45) is 0 Å². The summed E-state index contributed by atoms with van der Waals surface area (Å²) in [6.07, 6.45) is 0. The Kier molecular flexibility index (Phi) is 0.733. The van der Waals surface area contributed by atoms with Crippen molar-refractivity contribution in [3.05, 3.63) is 0 Å². The molecule has 0 spiro atoms. The minimum atomic E-state index is -0.245. The molecule has 1 atom stereocenters. The van der Waals surface area contributed by atoms with Crippen LogP contribution in [0.1, 0.15) is 0 Å². The summed E-state index contributed by atoms with van der Waals surface area (Å²) in [7, 11) is 0. The van der Waals surface area contributed by atoms with E-state index in [1.165, 1.54) is 0 Å². The third-order valence-corrected chi connectivity index (χ3v) is 1.09. The summed E-state index contributed by atoms with van der Waals surface area (Å²) in [5.41, 5.74) is 0. The van der Waals surface area contributed by atoms with Gasteiger partial charge in [0.25, 0.3) is 0 Å². The van der Waals surface area contributed by atoms with Gasteiger partial charge in [-0.15, -0.1) is 11.6 Å². The van der Waals surface area contributed by atoms with Crippen LogP contribution in [0.2, 0.25) is 0 Å². The summed E-state index contributed by atoms with van der Waals surface area (Å²) in [6, 6.07) is 0. The molecule has 1 aliphatic rings. The van der Waals surface area contributed by atoms with Crippen LogP contribution in [-0.4, -0.2) is 17.8 Å². The molecule has 6 heavy (non-hydrogen) atoms. The lowest BCUT2D eigenvalue weighted by atomic mass is 10.3. The molecule has 1 rings (SSSR count). The summed E-state index contributed by atoms with van der Waals surface area (Å²) >= 11 is 5.29. The Balaban J connectivity index is 2.39. The van der Waals surface area contributed by atoms with Crippen LogP contribution in [-0.2, 0) is 4.79 Å². The zero-order chi connectivity index (χ0) is 4.57. The van der Waals surface area contributed by atoms with Gasteiger partial charge in [-0.1, -0.05) is 0 Å². The van der Waals surface area contributed by atoms with Gasteiger partial charge in [-0.05, 0) is 0 Å². The van der Waals surface area contributed by atoms with Crippen LogP contribution in [0, 0.1) is 0 Å². The van der Waals surface area contributed by atoms with Gasteiger partial charge in [-0.2, -0.15) is 0 Å². The van der Waals surface area contributed by atoms with E-state index in [0.29, 0.717) is 6.54 Å². The van der Waals surface area contributed by atoms with E-state index in [1.54, 1.807) is 0 Å². The second-order valence-corrected chi connectivity index (χ2v) is 1.74. The normalized spacial score (nSPS) is 31.5. The number of hydrogen-bond donors (Lipinski definition) is 1. The van der Waals surface area contributed by atoms with Crippen LogP contribution in [0.4, 0.5) is 0 Å². The predicted octanol–water partition coefficient (Wildman–Crippen LogP) is -0.276. The van der Waals surface area contributed by atoms with Crippen molar-refractivity contribution in [3.63, 3.8) is 0 Å². The van der Waals surface area contributed by atoms with Crippen molar-refractivity contribution in [2.75, 3.05) is 6.54 Å². The van der Waals surface area contributed by atoms with Gasteiger partial charge >= 0.3 is 0 Å². The van der Waals surface area contributed by atoms with Gasteiger partial charge in [0.1, 0.15) is 5.38 Å². The van der Waals surface area contributed by atoms with Crippen molar-refractivity contribution >= 4 is 17.5 Å². The van der Waals surface area contributed by atoms with Crippen molar-refractivity contribution in [2.45, 2.75) is 5.38 Å². The summed E-state index contributed by atoms with van der Waals surface area (Å²) in [6.45, 7) is 0.639. The lowest BCUT2D eigenvalue weighted by molar-refractivity contribution is -0.124. The molecule has 3 heteroatoms. The van der Waals surface area contributed by atoms with E-state index in [4.69, 9.17) is 11.6 Å². The number of β-lactam (4-membered cyclic amide) rings is 1. The third-order valence-electron chi connectivity index (χ3n) is 0.740. The topological polar surface area (TPSA) is 29.1 Å². The molecule has 0 aliphatic carbocycles. The SMILES string of the molecule is O=C1NCC1Cl. The fourth-order valence-electron chi connectivity index (χ4n) is 0.263. The maximum Gasteiger partial charge on any atom is 0.239 e. The first-order valence-corrected chi connectivity index (χ1v) is 2.16. The number of halogens is 1. The highest BCUT2D eigenvalue weighted by Crippen LogP contribution is 2.00. The summed E-state index contributed by atoms with van der Waals surface area (Å²) in [5, 5.41) is 2.24. The Labute approximate surface area is 40.5 Å². The molecule has 0 aromatic carbocycles. The molecule has 1 heterocycles. The van der Waals surface area contributed by atoms with Gasteiger partial charge in [-0.25, -0.2) is 0 Å². The molecule has 1 unspecified atom stereocenters. The molecule has 34 valence electrons. The number of rotatable bonds is 0. The van der Waals surface area contributed by atoms with E-state index < -0.39 is 0 Å². The zero-order valence-electron chi connectivity index (χ0n) is 3.07. The highest BCUT2D eigenvalue weighted by atomic mass is 35.5. The smallest absolute Gasteiger partial charge is 0.239 e. The number of amides is 1. The first-order chi connectivity index (χ1) is 2.80. The number of carbonyl (C=O) groups excluding carboxylic acids is 1. The third kappa shape index (κ3) is 0.373. The van der Waals surface area contributed by atoms with Crippen LogP contribution >= 0.6 is 11.6 Å². The van der Waals surface area contributed by atoms with E-state index in [-0.39, 0.29) is 11.3 Å². The van der Waals surface area contributed by atoms with Crippen LogP contribution < -0.4 is 5.32 Å². The Morgan fingerprint density at radius 1 is 2.00 bits per heavy atom. The highest BCUT2D eigenvalue weighted by Gasteiger charge is 2.23. The van der Waals surface area contributed by atoms with Crippen LogP contribution in [0.3, 0.4) is 0 Å². The highest BCUT2D eigenvalue weighted by molar-refractivity contribution is 6.33. The molecule has 0 bridgehead atoms. The maximum atomic E-state index is 9.99. The summed E-state index contributed by atoms with van der Waals surface area (Å²) in [5.74, 6) is -0.0448. The number of nitrogens with one attached hydrogen (secondary N) is 1. The molecule has 0 saturated carbocycles. The van der Waals surface area contributed by atoms with E-state index in [9.17, 15) is 4.79 Å². The molecular weight excluding hydrogens is 101 g/mol. The molecule has 1 saturated heterocycles. The Morgan fingerprint density at radius 2 is 2.50 bits per heavy atom. The van der Waals surface area contributed by atoms with E-state index >= 15 is 0 Å². The quantitative estimate of drug-likeness (QED) is 0.333. The van der Waals surface area contributed by atoms with E-state index in [2.05, 4.69) is 5.32 Å². The fraction of sp³-hybridized carbons (Fsp3) is 0.667. The molecule has 1 aliphatic heterocycles. The Morgan fingerprint density at radius 3 is 2.50 bits per heavy atom. The lowest BCUT2D eigenvalue weighted by Crippen LogP contribution is -2.49. The second kappa shape index (κ2) is 1.12. The number of hydrogen-bond acceptors (Lipinski definition) is 1. The number of alkyl halides is 1. The van der Waals surface area contributed by atoms with E-state index in [0.717, 1.165) is 0 Å². The van der Waals surface area contributed by atoms with Gasteiger partial charge in [0.15, 0.2) is 0 Å². The largest absolute Gasteiger partial charge is 0.353 e. The van der Waals surface area contributed by atoms with Crippen molar-refractivity contribution in [1.29, 1.82) is 0 Å². The predicted molar refractivity (Wildman–Crippen MR) is 22.7 cm³/mol. The average molecular weight is 106 g/mol. The molecular formula is C3H4ClNO. The van der Waals surface area contributed by atoms with Gasteiger partial charge < -0.3 is 5.32 Å². The summed E-state index contributed by atoms with van der Waals surface area (Å²) in [4.78, 5) is 9.99. The molecule has 2 nitrogen and oxygen atoms in total. The van der Waals surface area contributed by atoms with Gasteiger partial charge in [0.05, 0.1) is 0 Å². The lowest BCUT2D eigenvalue weighted by Gasteiger charge is -2.18. The average Bonchev–Trinajstić information content (AvgIpc) is 1.61. The summed E-state index contributed by atoms with van der Waals surface area (Å²) < 4.78 is 0. The van der Waals surface area contributed by atoms with Crippen molar-refractivity contribution in [3.8, 4) is 0 Å². The number of carbonyl (C=O) groups is 1. The van der Waals surface area contributed by atoms with Gasteiger partial charge in [0, 0.05) is 6.54 Å².